The highest BCUT2D eigenvalue weighted by atomic mass is 35.5. The van der Waals surface area contributed by atoms with Crippen molar-refractivity contribution in [3.63, 3.8) is 0 Å². The number of hydrogen-bond acceptors (Lipinski definition) is 3. The summed E-state index contributed by atoms with van der Waals surface area (Å²) in [5.41, 5.74) is 5.12. The Kier molecular flexibility index (Phi) is 11.5. The van der Waals surface area contributed by atoms with Gasteiger partial charge >= 0.3 is 0 Å². The summed E-state index contributed by atoms with van der Waals surface area (Å²) < 4.78 is 2.37. The van der Waals surface area contributed by atoms with Crippen LogP contribution in [0.3, 0.4) is 0 Å². The number of benzene rings is 3. The van der Waals surface area contributed by atoms with Gasteiger partial charge in [-0.1, -0.05) is 72.8 Å². The van der Waals surface area contributed by atoms with Gasteiger partial charge in [0.2, 0.25) is 0 Å². The van der Waals surface area contributed by atoms with E-state index in [1.54, 1.807) is 0 Å². The van der Waals surface area contributed by atoms with Gasteiger partial charge in [-0.15, -0.1) is 37.2 Å². The summed E-state index contributed by atoms with van der Waals surface area (Å²) in [4.78, 5) is 9.98. The molecule has 0 N–H and O–H groups in total. The molecule has 1 aliphatic heterocycles. The fraction of sp³-hybridized carbons (Fsp3) is 0.321. The summed E-state index contributed by atoms with van der Waals surface area (Å²) >= 11 is 0. The molecule has 4 nitrogen and oxygen atoms in total. The van der Waals surface area contributed by atoms with Gasteiger partial charge in [0, 0.05) is 32.7 Å². The molecule has 188 valence electrons. The van der Waals surface area contributed by atoms with Gasteiger partial charge in [0.05, 0.1) is 17.1 Å². The zero-order valence-electron chi connectivity index (χ0n) is 20.1. The van der Waals surface area contributed by atoms with Gasteiger partial charge in [-0.2, -0.15) is 0 Å². The third kappa shape index (κ3) is 6.78. The van der Waals surface area contributed by atoms with E-state index in [1.165, 1.54) is 16.6 Å². The van der Waals surface area contributed by atoms with Crippen molar-refractivity contribution in [2.75, 3.05) is 32.7 Å². The quantitative estimate of drug-likeness (QED) is 0.274. The maximum Gasteiger partial charge on any atom is 0.106 e. The topological polar surface area (TPSA) is 24.3 Å². The molecule has 3 aromatic carbocycles. The highest BCUT2D eigenvalue weighted by Crippen LogP contribution is 2.29. The maximum absolute atomic E-state index is 4.71. The highest BCUT2D eigenvalue weighted by Gasteiger charge is 2.26. The largest absolute Gasteiger partial charge is 0.328 e. The molecule has 1 aliphatic rings. The van der Waals surface area contributed by atoms with Gasteiger partial charge in [0.25, 0.3) is 0 Å². The summed E-state index contributed by atoms with van der Waals surface area (Å²) in [6.07, 6.45) is 1.15. The molecule has 0 spiro atoms. The smallest absolute Gasteiger partial charge is 0.106 e. The second kappa shape index (κ2) is 13.9. The Labute approximate surface area is 227 Å². The molecule has 0 aliphatic carbocycles. The van der Waals surface area contributed by atoms with Crippen LogP contribution in [0.1, 0.15) is 29.4 Å². The van der Waals surface area contributed by atoms with Crippen molar-refractivity contribution in [3.05, 3.63) is 102 Å². The Hall–Kier alpha value is -2.08. The lowest BCUT2D eigenvalue weighted by molar-refractivity contribution is 0.108. The first kappa shape index (κ1) is 29.2. The fourth-order valence-electron chi connectivity index (χ4n) is 5.06. The average Bonchev–Trinajstić information content (AvgIpc) is 3.17. The normalized spacial score (nSPS) is 14.2. The van der Waals surface area contributed by atoms with Crippen LogP contribution >= 0.6 is 37.2 Å². The molecule has 0 atom stereocenters. The second-order valence-corrected chi connectivity index (χ2v) is 8.75. The number of fused-ring (bicyclic) bond motifs is 1. The molecule has 4 aromatic rings. The third-order valence-electron chi connectivity index (χ3n) is 6.70. The van der Waals surface area contributed by atoms with Gasteiger partial charge in [-0.3, -0.25) is 4.90 Å². The number of nitrogens with zero attached hydrogens (tertiary/aromatic N) is 4. The molecule has 0 unspecified atom stereocenters. The molecule has 2 heterocycles. The second-order valence-electron chi connectivity index (χ2n) is 8.75. The lowest BCUT2D eigenvalue weighted by Crippen LogP contribution is -2.48. The van der Waals surface area contributed by atoms with E-state index < -0.39 is 0 Å². The van der Waals surface area contributed by atoms with Crippen LogP contribution in [0.25, 0.3) is 11.0 Å². The summed E-state index contributed by atoms with van der Waals surface area (Å²) in [5.74, 6) is 1.12. The molecule has 1 saturated heterocycles. The van der Waals surface area contributed by atoms with Crippen LogP contribution < -0.4 is 0 Å². The lowest BCUT2D eigenvalue weighted by atomic mass is 9.96. The van der Waals surface area contributed by atoms with Crippen molar-refractivity contribution >= 4 is 48.3 Å². The van der Waals surface area contributed by atoms with E-state index in [0.717, 1.165) is 57.0 Å². The van der Waals surface area contributed by atoms with E-state index in [4.69, 9.17) is 4.98 Å². The van der Waals surface area contributed by atoms with Gasteiger partial charge in [0.15, 0.2) is 0 Å². The van der Waals surface area contributed by atoms with Gasteiger partial charge in [-0.25, -0.2) is 4.98 Å². The van der Waals surface area contributed by atoms with E-state index in [2.05, 4.69) is 106 Å². The molecule has 1 aromatic heterocycles. The summed E-state index contributed by atoms with van der Waals surface area (Å²) in [6, 6.07) is 30.7. The Morgan fingerprint density at radius 3 is 1.83 bits per heavy atom. The third-order valence-corrected chi connectivity index (χ3v) is 6.70. The Balaban J connectivity index is 0.00000144. The van der Waals surface area contributed by atoms with Crippen LogP contribution in [-0.4, -0.2) is 52.1 Å². The zero-order valence-corrected chi connectivity index (χ0v) is 22.6. The molecule has 35 heavy (non-hydrogen) atoms. The summed E-state index contributed by atoms with van der Waals surface area (Å²) in [6.45, 7) is 8.74. The predicted octanol–water partition coefficient (Wildman–Crippen LogP) is 6.41. The predicted molar refractivity (Wildman–Crippen MR) is 154 cm³/mol. The summed E-state index contributed by atoms with van der Waals surface area (Å²) in [5, 5.41) is 0. The standard InChI is InChI=1S/C28H32N4.3ClH/c1-23-29-26-15-8-9-16-27(26)32(23)18-10-17-30-19-21-31(22-20-30)28(24-11-4-2-5-12-24)25-13-6-3-7-14-25;;;/h2-9,11-16,28H,10,17-22H2,1H3;3*1H. The van der Waals surface area contributed by atoms with Crippen molar-refractivity contribution in [1.29, 1.82) is 0 Å². The van der Waals surface area contributed by atoms with Crippen LogP contribution in [0, 0.1) is 6.92 Å². The molecule has 0 radical (unpaired) electrons. The van der Waals surface area contributed by atoms with Crippen molar-refractivity contribution in [2.45, 2.75) is 25.9 Å². The highest BCUT2D eigenvalue weighted by molar-refractivity contribution is 5.86. The monoisotopic (exact) mass is 532 g/mol. The van der Waals surface area contributed by atoms with E-state index in [0.29, 0.717) is 6.04 Å². The molecular formula is C28H35Cl3N4. The first-order valence-electron chi connectivity index (χ1n) is 11.8. The van der Waals surface area contributed by atoms with E-state index in [9.17, 15) is 0 Å². The zero-order chi connectivity index (χ0) is 21.8. The Bertz CT molecular complexity index is 1100. The summed E-state index contributed by atoms with van der Waals surface area (Å²) in [7, 11) is 0. The van der Waals surface area contributed by atoms with E-state index in [1.807, 2.05) is 0 Å². The molecule has 5 rings (SSSR count). The maximum atomic E-state index is 4.71. The van der Waals surface area contributed by atoms with Crippen molar-refractivity contribution in [3.8, 4) is 0 Å². The van der Waals surface area contributed by atoms with Crippen LogP contribution in [0.2, 0.25) is 0 Å². The van der Waals surface area contributed by atoms with Gasteiger partial charge < -0.3 is 9.47 Å². The number of hydrogen-bond donors (Lipinski definition) is 0. The molecule has 0 bridgehead atoms. The number of aromatic nitrogens is 2. The minimum Gasteiger partial charge on any atom is -0.328 e. The molecular weight excluding hydrogens is 499 g/mol. The van der Waals surface area contributed by atoms with Gasteiger partial charge in [0.1, 0.15) is 5.82 Å². The van der Waals surface area contributed by atoms with E-state index in [-0.39, 0.29) is 37.2 Å². The van der Waals surface area contributed by atoms with Crippen molar-refractivity contribution in [2.24, 2.45) is 0 Å². The SMILES string of the molecule is Cc1nc2ccccc2n1CCCN1CCN(C(c2ccccc2)c2ccccc2)CC1.Cl.Cl.Cl. The van der Waals surface area contributed by atoms with Crippen LogP contribution in [-0.2, 0) is 6.54 Å². The minimum absolute atomic E-state index is 0. The van der Waals surface area contributed by atoms with Crippen molar-refractivity contribution in [1.82, 2.24) is 19.4 Å². The van der Waals surface area contributed by atoms with E-state index >= 15 is 0 Å². The molecule has 1 fully saturated rings. The lowest BCUT2D eigenvalue weighted by Gasteiger charge is -2.40. The number of imidazole rings is 1. The number of halogens is 3. The number of piperazine rings is 1. The van der Waals surface area contributed by atoms with Crippen molar-refractivity contribution < 1.29 is 0 Å². The number of para-hydroxylation sites is 2. The number of aryl methyl sites for hydroxylation is 2. The van der Waals surface area contributed by atoms with Crippen LogP contribution in [0.15, 0.2) is 84.9 Å². The van der Waals surface area contributed by atoms with Gasteiger partial charge in [-0.05, 0) is 43.1 Å². The Morgan fingerprint density at radius 2 is 1.23 bits per heavy atom. The molecule has 7 heteroatoms. The first-order chi connectivity index (χ1) is 15.8. The van der Waals surface area contributed by atoms with Crippen LogP contribution in [0.4, 0.5) is 0 Å². The fourth-order valence-corrected chi connectivity index (χ4v) is 5.06. The molecule has 0 amide bonds. The first-order valence-corrected chi connectivity index (χ1v) is 11.8. The average molecular weight is 534 g/mol. The van der Waals surface area contributed by atoms with Crippen LogP contribution in [0.5, 0.6) is 0 Å². The number of rotatable bonds is 7. The minimum atomic E-state index is 0. The molecule has 0 saturated carbocycles. The Morgan fingerprint density at radius 1 is 0.686 bits per heavy atom.